The number of nitrogens with one attached hydrogen (secondary N) is 1. The van der Waals surface area contributed by atoms with Crippen molar-refractivity contribution in [2.24, 2.45) is 10.9 Å². The summed E-state index contributed by atoms with van der Waals surface area (Å²) in [7, 11) is 4.08. The Morgan fingerprint density at radius 2 is 1.88 bits per heavy atom. The zero-order valence-electron chi connectivity index (χ0n) is 16.5. The van der Waals surface area contributed by atoms with E-state index in [-0.39, 0.29) is 11.9 Å². The maximum atomic E-state index is 11.9. The quantitative estimate of drug-likeness (QED) is 0.480. The summed E-state index contributed by atoms with van der Waals surface area (Å²) in [5.74, 6) is 0.884. The number of hydrogen-bond donors (Lipinski definition) is 1. The molecule has 1 aliphatic heterocycles. The van der Waals surface area contributed by atoms with Gasteiger partial charge in [-0.2, -0.15) is 0 Å². The Labute approximate surface area is 157 Å². The van der Waals surface area contributed by atoms with Gasteiger partial charge in [-0.15, -0.1) is 0 Å². The van der Waals surface area contributed by atoms with Gasteiger partial charge in [0.25, 0.3) is 0 Å². The van der Waals surface area contributed by atoms with Crippen LogP contribution in [0.2, 0.25) is 0 Å². The maximum absolute atomic E-state index is 11.9. The highest BCUT2D eigenvalue weighted by atomic mass is 16.5. The van der Waals surface area contributed by atoms with Crippen molar-refractivity contribution in [2.75, 3.05) is 45.2 Å². The first-order valence-corrected chi connectivity index (χ1v) is 9.51. The lowest BCUT2D eigenvalue weighted by atomic mass is 9.97. The van der Waals surface area contributed by atoms with E-state index < -0.39 is 0 Å². The van der Waals surface area contributed by atoms with Crippen molar-refractivity contribution >= 4 is 17.6 Å². The Balaban J connectivity index is 1.95. The molecule has 6 heteroatoms. The van der Waals surface area contributed by atoms with Gasteiger partial charge < -0.3 is 19.9 Å². The number of rotatable bonds is 6. The molecule has 0 aromatic heterocycles. The first-order chi connectivity index (χ1) is 12.5. The van der Waals surface area contributed by atoms with Crippen molar-refractivity contribution in [1.82, 2.24) is 10.2 Å². The Hall–Kier alpha value is -2.24. The number of anilines is 1. The zero-order chi connectivity index (χ0) is 18.9. The lowest BCUT2D eigenvalue weighted by Crippen LogP contribution is -2.46. The minimum Gasteiger partial charge on any atom is -0.466 e. The summed E-state index contributed by atoms with van der Waals surface area (Å²) >= 11 is 0. The minimum atomic E-state index is -0.0601. The summed E-state index contributed by atoms with van der Waals surface area (Å²) in [4.78, 5) is 21.0. The van der Waals surface area contributed by atoms with Crippen LogP contribution in [0, 0.1) is 5.92 Å². The van der Waals surface area contributed by atoms with E-state index in [1.807, 2.05) is 21.0 Å². The second kappa shape index (κ2) is 10.0. The fourth-order valence-corrected chi connectivity index (χ4v) is 3.08. The van der Waals surface area contributed by atoms with Crippen LogP contribution in [0.1, 0.15) is 32.3 Å². The third kappa shape index (κ3) is 5.64. The number of carbonyl (C=O) groups excluding carboxylic acids is 1. The minimum absolute atomic E-state index is 0.0210. The van der Waals surface area contributed by atoms with Crippen LogP contribution < -0.4 is 10.2 Å². The average molecular weight is 361 g/mol. The molecule has 1 aliphatic rings. The number of piperidine rings is 1. The number of carbonyl (C=O) groups is 1. The van der Waals surface area contributed by atoms with Crippen molar-refractivity contribution < 1.29 is 9.53 Å². The second-order valence-electron chi connectivity index (χ2n) is 6.74. The van der Waals surface area contributed by atoms with E-state index >= 15 is 0 Å². The second-order valence-corrected chi connectivity index (χ2v) is 6.74. The van der Waals surface area contributed by atoms with Crippen molar-refractivity contribution in [2.45, 2.75) is 33.2 Å². The summed E-state index contributed by atoms with van der Waals surface area (Å²) < 4.78 is 5.15. The van der Waals surface area contributed by atoms with E-state index in [2.05, 4.69) is 46.3 Å². The summed E-state index contributed by atoms with van der Waals surface area (Å²) in [6.45, 7) is 7.52. The Morgan fingerprint density at radius 1 is 1.23 bits per heavy atom. The number of aliphatic imine (C=N–C) groups is 1. The van der Waals surface area contributed by atoms with Gasteiger partial charge in [0.05, 0.1) is 19.1 Å². The Kier molecular flexibility index (Phi) is 7.75. The van der Waals surface area contributed by atoms with Crippen molar-refractivity contribution in [3.63, 3.8) is 0 Å². The van der Waals surface area contributed by atoms with Crippen LogP contribution in [0.4, 0.5) is 5.69 Å². The molecule has 0 bridgehead atoms. The van der Waals surface area contributed by atoms with Gasteiger partial charge in [0, 0.05) is 39.4 Å². The van der Waals surface area contributed by atoms with Crippen molar-refractivity contribution in [1.29, 1.82) is 0 Å². The summed E-state index contributed by atoms with van der Waals surface area (Å²) in [5.41, 5.74) is 2.37. The molecule has 26 heavy (non-hydrogen) atoms. The molecular weight excluding hydrogens is 328 g/mol. The fourth-order valence-electron chi connectivity index (χ4n) is 3.08. The molecule has 1 aromatic rings. The van der Waals surface area contributed by atoms with Crippen LogP contribution in [0.15, 0.2) is 29.3 Å². The van der Waals surface area contributed by atoms with Gasteiger partial charge in [-0.3, -0.25) is 4.79 Å². The molecular formula is C20H32N4O2. The molecule has 0 amide bonds. The van der Waals surface area contributed by atoms with Gasteiger partial charge in [-0.1, -0.05) is 12.1 Å². The highest BCUT2D eigenvalue weighted by molar-refractivity contribution is 5.80. The van der Waals surface area contributed by atoms with Crippen molar-refractivity contribution in [3.05, 3.63) is 29.8 Å². The van der Waals surface area contributed by atoms with Gasteiger partial charge in [-0.25, -0.2) is 4.99 Å². The van der Waals surface area contributed by atoms with Gasteiger partial charge in [0.1, 0.15) is 0 Å². The number of hydrogen-bond acceptors (Lipinski definition) is 4. The summed E-state index contributed by atoms with van der Waals surface area (Å²) in [5, 5.41) is 3.37. The molecule has 1 N–H and O–H groups in total. The van der Waals surface area contributed by atoms with Gasteiger partial charge >= 0.3 is 5.97 Å². The molecule has 0 unspecified atom stereocenters. The van der Waals surface area contributed by atoms with Gasteiger partial charge in [0.15, 0.2) is 5.96 Å². The molecule has 1 saturated heterocycles. The van der Waals surface area contributed by atoms with Crippen LogP contribution >= 0.6 is 0 Å². The number of likely N-dealkylation sites (tertiary alicyclic amines) is 1. The molecule has 1 fully saturated rings. The molecule has 144 valence electrons. The van der Waals surface area contributed by atoms with Gasteiger partial charge in [0.2, 0.25) is 0 Å². The molecule has 2 rings (SSSR count). The molecule has 0 saturated carbocycles. The first-order valence-electron chi connectivity index (χ1n) is 9.51. The van der Waals surface area contributed by atoms with Crippen LogP contribution in [-0.2, 0) is 16.1 Å². The summed E-state index contributed by atoms with van der Waals surface area (Å²) in [6.07, 6.45) is 1.64. The highest BCUT2D eigenvalue weighted by Gasteiger charge is 2.27. The van der Waals surface area contributed by atoms with E-state index in [0.717, 1.165) is 38.4 Å². The molecule has 6 nitrogen and oxygen atoms in total. The largest absolute Gasteiger partial charge is 0.466 e. The standard InChI is InChI=1S/C20H32N4O2/c1-5-21-20(22-15-16-7-9-18(10-8-16)23(3)4)24-13-11-17(12-14-24)19(25)26-6-2/h7-10,17H,5-6,11-15H2,1-4H3,(H,21,22). The van der Waals surface area contributed by atoms with Crippen LogP contribution in [-0.4, -0.2) is 57.2 Å². The number of benzene rings is 1. The van der Waals surface area contributed by atoms with Crippen LogP contribution in [0.3, 0.4) is 0 Å². The lowest BCUT2D eigenvalue weighted by Gasteiger charge is -2.33. The molecule has 0 aliphatic carbocycles. The van der Waals surface area contributed by atoms with Gasteiger partial charge in [-0.05, 0) is 44.4 Å². The predicted molar refractivity (Wildman–Crippen MR) is 107 cm³/mol. The maximum Gasteiger partial charge on any atom is 0.309 e. The smallest absolute Gasteiger partial charge is 0.309 e. The third-order valence-corrected chi connectivity index (χ3v) is 4.61. The third-order valence-electron chi connectivity index (χ3n) is 4.61. The highest BCUT2D eigenvalue weighted by Crippen LogP contribution is 2.19. The van der Waals surface area contributed by atoms with E-state index in [1.165, 1.54) is 11.3 Å². The Morgan fingerprint density at radius 3 is 2.42 bits per heavy atom. The number of guanidine groups is 1. The van der Waals surface area contributed by atoms with E-state index in [1.54, 1.807) is 0 Å². The lowest BCUT2D eigenvalue weighted by molar-refractivity contribution is -0.149. The van der Waals surface area contributed by atoms with Crippen molar-refractivity contribution in [3.8, 4) is 0 Å². The molecule has 0 spiro atoms. The Bertz CT molecular complexity index is 590. The monoisotopic (exact) mass is 360 g/mol. The molecule has 0 radical (unpaired) electrons. The first kappa shape index (κ1) is 20.1. The normalized spacial score (nSPS) is 15.7. The number of ether oxygens (including phenoxy) is 1. The number of nitrogens with zero attached hydrogens (tertiary/aromatic N) is 3. The zero-order valence-corrected chi connectivity index (χ0v) is 16.5. The van der Waals surface area contributed by atoms with E-state index in [4.69, 9.17) is 9.73 Å². The molecule has 1 heterocycles. The van der Waals surface area contributed by atoms with Crippen LogP contribution in [0.5, 0.6) is 0 Å². The summed E-state index contributed by atoms with van der Waals surface area (Å²) in [6, 6.07) is 8.47. The van der Waals surface area contributed by atoms with E-state index in [9.17, 15) is 4.79 Å². The SMILES string of the molecule is CCNC(=NCc1ccc(N(C)C)cc1)N1CCC(C(=O)OCC)CC1. The number of esters is 1. The average Bonchev–Trinajstić information content (AvgIpc) is 2.66. The molecule has 1 aromatic carbocycles. The topological polar surface area (TPSA) is 57.2 Å². The predicted octanol–water partition coefficient (Wildman–Crippen LogP) is 2.49. The fraction of sp³-hybridized carbons (Fsp3) is 0.600. The van der Waals surface area contributed by atoms with E-state index in [0.29, 0.717) is 13.2 Å². The molecule has 0 atom stereocenters. The van der Waals surface area contributed by atoms with Crippen LogP contribution in [0.25, 0.3) is 0 Å².